The van der Waals surface area contributed by atoms with E-state index in [-0.39, 0.29) is 23.6 Å². The summed E-state index contributed by atoms with van der Waals surface area (Å²) in [6, 6.07) is 16.3. The van der Waals surface area contributed by atoms with E-state index in [0.717, 1.165) is 46.4 Å². The van der Waals surface area contributed by atoms with Crippen LogP contribution in [0.5, 0.6) is 5.75 Å². The highest BCUT2D eigenvalue weighted by molar-refractivity contribution is 8.04. The third kappa shape index (κ3) is 5.22. The van der Waals surface area contributed by atoms with Crippen LogP contribution in [0, 0.1) is 11.8 Å². The van der Waals surface area contributed by atoms with Gasteiger partial charge in [-0.2, -0.15) is 0 Å². The number of carbonyl (C=O) groups is 2. The summed E-state index contributed by atoms with van der Waals surface area (Å²) in [5, 5.41) is 20.1. The number of thiazole rings is 1. The first-order valence-corrected chi connectivity index (χ1v) is 17.2. The van der Waals surface area contributed by atoms with Crippen LogP contribution in [-0.4, -0.2) is 112 Å². The number of aromatic nitrogens is 1. The van der Waals surface area contributed by atoms with Crippen LogP contribution in [0.4, 0.5) is 0 Å². The smallest absolute Gasteiger partial charge is 0.353 e. The van der Waals surface area contributed by atoms with Crippen molar-refractivity contribution in [1.29, 1.82) is 0 Å². The molecule has 11 heteroatoms. The minimum absolute atomic E-state index is 0.0395. The molecule has 44 heavy (non-hydrogen) atoms. The van der Waals surface area contributed by atoms with Crippen molar-refractivity contribution in [3.63, 3.8) is 0 Å². The molecule has 8 rings (SSSR count). The zero-order valence-corrected chi connectivity index (χ0v) is 26.9. The van der Waals surface area contributed by atoms with Crippen LogP contribution >= 0.6 is 23.1 Å². The van der Waals surface area contributed by atoms with E-state index in [4.69, 9.17) is 9.72 Å². The van der Waals surface area contributed by atoms with Crippen molar-refractivity contribution in [3.8, 4) is 5.75 Å². The van der Waals surface area contributed by atoms with E-state index in [0.29, 0.717) is 4.91 Å². The maximum Gasteiger partial charge on any atom is 0.353 e. The second kappa shape index (κ2) is 11.4. The van der Waals surface area contributed by atoms with Gasteiger partial charge in [0.05, 0.1) is 34.8 Å². The Morgan fingerprint density at radius 3 is 2.43 bits per heavy atom. The number of fused-ring (bicyclic) bond motifs is 5. The predicted octanol–water partition coefficient (Wildman–Crippen LogP) is 3.82. The number of carboxylic acid groups (broad SMARTS) is 1. The number of aliphatic hydroxyl groups is 1. The molecule has 1 amide bonds. The lowest BCUT2D eigenvalue weighted by Crippen LogP contribution is -2.75. The molecule has 2 bridgehead atoms. The van der Waals surface area contributed by atoms with Gasteiger partial charge in [-0.1, -0.05) is 43.0 Å². The molecule has 4 fully saturated rings. The van der Waals surface area contributed by atoms with Gasteiger partial charge in [-0.25, -0.2) is 9.78 Å². The van der Waals surface area contributed by atoms with Crippen molar-refractivity contribution in [2.75, 3.05) is 59.0 Å². The van der Waals surface area contributed by atoms with Gasteiger partial charge in [0.25, 0.3) is 0 Å². The Bertz CT molecular complexity index is 1600. The number of para-hydroxylation sites is 1. The van der Waals surface area contributed by atoms with Crippen molar-refractivity contribution in [3.05, 3.63) is 64.7 Å². The Hall–Kier alpha value is -2.96. The van der Waals surface area contributed by atoms with Crippen LogP contribution in [0.1, 0.15) is 19.4 Å². The molecule has 4 saturated heterocycles. The largest absolute Gasteiger partial charge is 0.488 e. The van der Waals surface area contributed by atoms with Gasteiger partial charge < -0.3 is 28.8 Å². The number of aliphatic carboxylic acids is 1. The lowest BCUT2D eigenvalue weighted by molar-refractivity contribution is -1.08. The molecular weight excluding hydrogens is 597 g/mol. The van der Waals surface area contributed by atoms with Gasteiger partial charge in [-0.15, -0.1) is 11.3 Å². The molecule has 0 aliphatic carbocycles. The van der Waals surface area contributed by atoms with Gasteiger partial charge in [0.1, 0.15) is 63.9 Å². The van der Waals surface area contributed by atoms with Crippen molar-refractivity contribution >= 4 is 45.2 Å². The fourth-order valence-corrected chi connectivity index (χ4v) is 10.1. The third-order valence-corrected chi connectivity index (χ3v) is 12.9. The topological polar surface area (TPSA) is 100.0 Å². The first kappa shape index (κ1) is 29.7. The summed E-state index contributed by atoms with van der Waals surface area (Å²) in [6.45, 7) is 13.9. The average Bonchev–Trinajstić information content (AvgIpc) is 3.53. The summed E-state index contributed by atoms with van der Waals surface area (Å²) in [4.78, 5) is 31.8. The number of carboxylic acids is 1. The van der Waals surface area contributed by atoms with Gasteiger partial charge >= 0.3 is 5.97 Å². The molecule has 6 heterocycles. The number of hydrogen-bond acceptors (Lipinski definition) is 7. The van der Waals surface area contributed by atoms with Crippen LogP contribution < -0.4 is 4.74 Å². The zero-order chi connectivity index (χ0) is 30.6. The molecular formula is C33H40N4O5S2+2. The number of β-lactam (4-membered cyclic amide) rings is 1. The SMILES string of the molecule is CC(O)C1C(=O)N2C(C(=O)O)=C(Sc3nc4cc(CC[N+]56CC[N+](CCOc7ccccc7)(CC5)CC6)ccc4s3)C(C)C12. The van der Waals surface area contributed by atoms with Crippen LogP contribution in [-0.2, 0) is 16.0 Å². The molecule has 1 aromatic heterocycles. The first-order chi connectivity index (χ1) is 21.2. The Morgan fingerprint density at radius 2 is 1.77 bits per heavy atom. The monoisotopic (exact) mass is 636 g/mol. The molecule has 9 nitrogen and oxygen atoms in total. The molecule has 5 aliphatic rings. The predicted molar refractivity (Wildman–Crippen MR) is 170 cm³/mol. The second-order valence-electron chi connectivity index (χ2n) is 13.0. The molecule has 0 spiro atoms. The van der Waals surface area contributed by atoms with E-state index in [2.05, 4.69) is 18.2 Å². The number of rotatable bonds is 11. The molecule has 3 aromatic rings. The number of ether oxygens (including phenoxy) is 1. The highest BCUT2D eigenvalue weighted by Crippen LogP contribution is 2.52. The zero-order valence-electron chi connectivity index (χ0n) is 25.2. The third-order valence-electron chi connectivity index (χ3n) is 10.5. The molecule has 2 N–H and O–H groups in total. The molecule has 4 atom stereocenters. The summed E-state index contributed by atoms with van der Waals surface area (Å²) < 4.78 is 10.3. The lowest BCUT2D eigenvalue weighted by Gasteiger charge is -2.55. The molecule has 232 valence electrons. The Balaban J connectivity index is 0.977. The van der Waals surface area contributed by atoms with E-state index in [1.807, 2.05) is 37.3 Å². The number of nitrogens with zero attached hydrogens (tertiary/aromatic N) is 4. The van der Waals surface area contributed by atoms with E-state index < -0.39 is 18.0 Å². The fourth-order valence-electron chi connectivity index (χ4n) is 7.76. The molecule has 5 aliphatic heterocycles. The van der Waals surface area contributed by atoms with E-state index in [1.54, 1.807) is 18.3 Å². The van der Waals surface area contributed by atoms with Crippen molar-refractivity contribution in [2.45, 2.75) is 36.8 Å². The second-order valence-corrected chi connectivity index (χ2v) is 15.4. The minimum atomic E-state index is -1.11. The minimum Gasteiger partial charge on any atom is -0.488 e. The summed E-state index contributed by atoms with van der Waals surface area (Å²) in [6.07, 6.45) is 0.200. The van der Waals surface area contributed by atoms with Crippen LogP contribution in [0.25, 0.3) is 10.2 Å². The average molecular weight is 637 g/mol. The van der Waals surface area contributed by atoms with Crippen LogP contribution in [0.15, 0.2) is 63.5 Å². The molecule has 2 aromatic carbocycles. The Kier molecular flexibility index (Phi) is 7.73. The maximum absolute atomic E-state index is 12.7. The highest BCUT2D eigenvalue weighted by atomic mass is 32.2. The van der Waals surface area contributed by atoms with Crippen molar-refractivity contribution in [2.24, 2.45) is 11.8 Å². The number of thioether (sulfide) groups is 1. The summed E-state index contributed by atoms with van der Waals surface area (Å²) in [5.41, 5.74) is 2.26. The molecule has 0 radical (unpaired) electrons. The van der Waals surface area contributed by atoms with Crippen LogP contribution in [0.2, 0.25) is 0 Å². The van der Waals surface area contributed by atoms with Crippen molar-refractivity contribution in [1.82, 2.24) is 9.88 Å². The number of benzene rings is 2. The Morgan fingerprint density at radius 1 is 1.09 bits per heavy atom. The number of quaternary nitrogens is 2. The lowest BCUT2D eigenvalue weighted by atomic mass is 9.79. The maximum atomic E-state index is 12.7. The number of aliphatic hydroxyl groups excluding tert-OH is 1. The Labute approximate surface area is 265 Å². The highest BCUT2D eigenvalue weighted by Gasteiger charge is 2.60. The number of piperazine rings is 3. The molecule has 0 saturated carbocycles. The quantitative estimate of drug-likeness (QED) is 0.244. The van der Waals surface area contributed by atoms with Crippen LogP contribution in [0.3, 0.4) is 0 Å². The van der Waals surface area contributed by atoms with E-state index in [9.17, 15) is 19.8 Å². The summed E-state index contributed by atoms with van der Waals surface area (Å²) >= 11 is 2.91. The number of amides is 1. The van der Waals surface area contributed by atoms with Gasteiger partial charge in [-0.3, -0.25) is 4.79 Å². The van der Waals surface area contributed by atoms with Gasteiger partial charge in [-0.05, 0) is 36.8 Å². The number of carbonyl (C=O) groups excluding carboxylic acids is 1. The summed E-state index contributed by atoms with van der Waals surface area (Å²) in [7, 11) is 0. The molecule has 4 unspecified atom stereocenters. The standard InChI is InChI=1S/C33H39N4O5S2/c1-21-28-27(22(2)38)31(39)35(28)29(32(40)41)30(21)44-33-34-25-20-23(8-9-26(25)43-33)10-11-36-12-15-37(16-13-36,17-14-36)18-19-42-24-6-4-3-5-7-24/h3-9,20-22,27-28,38H,10-19H2,1-2H3/q+1/p+1. The normalized spacial score (nSPS) is 30.0. The first-order valence-electron chi connectivity index (χ1n) is 15.6. The van der Waals surface area contributed by atoms with Gasteiger partial charge in [0.15, 0.2) is 4.34 Å². The van der Waals surface area contributed by atoms with E-state index in [1.165, 1.54) is 70.5 Å². The summed E-state index contributed by atoms with van der Waals surface area (Å²) in [5.74, 6) is -1.21. The number of hydrogen-bond donors (Lipinski definition) is 2. The van der Waals surface area contributed by atoms with Gasteiger partial charge in [0, 0.05) is 17.2 Å². The van der Waals surface area contributed by atoms with Crippen molar-refractivity contribution < 1.29 is 33.5 Å². The van der Waals surface area contributed by atoms with E-state index >= 15 is 0 Å². The fraction of sp³-hybridized carbons (Fsp3) is 0.485. The van der Waals surface area contributed by atoms with Gasteiger partial charge in [0.2, 0.25) is 5.91 Å².